The summed E-state index contributed by atoms with van der Waals surface area (Å²) < 4.78 is 47.2. The predicted octanol–water partition coefficient (Wildman–Crippen LogP) is 3.70. The molecular formula is C17H13F3N2O3. The Bertz CT molecular complexity index is 806. The highest BCUT2D eigenvalue weighted by Gasteiger charge is 2.17. The molecule has 2 aromatic rings. The molecule has 2 rings (SSSR count). The fourth-order valence-corrected chi connectivity index (χ4v) is 1.91. The highest BCUT2D eigenvalue weighted by Crippen LogP contribution is 2.23. The Morgan fingerprint density at radius 3 is 2.60 bits per heavy atom. The Morgan fingerprint density at radius 1 is 1.20 bits per heavy atom. The summed E-state index contributed by atoms with van der Waals surface area (Å²) in [5.41, 5.74) is 0.437. The van der Waals surface area contributed by atoms with E-state index in [4.69, 9.17) is 10.00 Å². The highest BCUT2D eigenvalue weighted by molar-refractivity contribution is 5.94. The lowest BCUT2D eigenvalue weighted by atomic mass is 10.2. The van der Waals surface area contributed by atoms with Gasteiger partial charge in [0.2, 0.25) is 0 Å². The molecule has 0 aliphatic rings. The quantitative estimate of drug-likeness (QED) is 0.862. The Balaban J connectivity index is 2.01. The smallest absolute Gasteiger partial charge is 0.387 e. The number of ether oxygens (including phenoxy) is 2. The van der Waals surface area contributed by atoms with Crippen molar-refractivity contribution >= 4 is 11.6 Å². The van der Waals surface area contributed by atoms with Gasteiger partial charge < -0.3 is 14.8 Å². The lowest BCUT2D eigenvalue weighted by Crippen LogP contribution is -2.30. The molecule has 0 saturated carbocycles. The van der Waals surface area contributed by atoms with Crippen LogP contribution in [0.4, 0.5) is 18.9 Å². The number of rotatable bonds is 6. The van der Waals surface area contributed by atoms with E-state index in [0.29, 0.717) is 11.3 Å². The van der Waals surface area contributed by atoms with Crippen LogP contribution in [0.25, 0.3) is 0 Å². The maximum absolute atomic E-state index is 13.6. The average molecular weight is 350 g/mol. The molecule has 0 aliphatic heterocycles. The fraction of sp³-hybridized carbons (Fsp3) is 0.176. The second kappa shape index (κ2) is 8.06. The number of nitrogens with one attached hydrogen (secondary N) is 1. The molecule has 0 aliphatic carbocycles. The van der Waals surface area contributed by atoms with Crippen LogP contribution in [0.3, 0.4) is 0 Å². The first-order chi connectivity index (χ1) is 11.9. The molecule has 0 spiro atoms. The van der Waals surface area contributed by atoms with E-state index >= 15 is 0 Å². The van der Waals surface area contributed by atoms with E-state index in [2.05, 4.69) is 10.1 Å². The van der Waals surface area contributed by atoms with Crippen LogP contribution < -0.4 is 14.8 Å². The molecule has 0 heterocycles. The zero-order chi connectivity index (χ0) is 18.4. The predicted molar refractivity (Wildman–Crippen MR) is 82.9 cm³/mol. The molecule has 1 atom stereocenters. The van der Waals surface area contributed by atoms with Crippen molar-refractivity contribution in [1.29, 1.82) is 5.26 Å². The van der Waals surface area contributed by atoms with E-state index in [9.17, 15) is 18.0 Å². The number of anilines is 1. The van der Waals surface area contributed by atoms with Crippen LogP contribution in [0.1, 0.15) is 12.5 Å². The summed E-state index contributed by atoms with van der Waals surface area (Å²) in [6, 6.07) is 11.3. The van der Waals surface area contributed by atoms with Crippen molar-refractivity contribution in [3.05, 3.63) is 53.8 Å². The first kappa shape index (κ1) is 18.1. The van der Waals surface area contributed by atoms with Crippen molar-refractivity contribution in [2.24, 2.45) is 0 Å². The third-order valence-electron chi connectivity index (χ3n) is 3.06. The summed E-state index contributed by atoms with van der Waals surface area (Å²) in [5, 5.41) is 11.2. The van der Waals surface area contributed by atoms with Gasteiger partial charge in [0, 0.05) is 11.8 Å². The van der Waals surface area contributed by atoms with Gasteiger partial charge in [-0.1, -0.05) is 6.07 Å². The molecule has 0 aromatic heterocycles. The van der Waals surface area contributed by atoms with E-state index in [-0.39, 0.29) is 5.69 Å². The Morgan fingerprint density at radius 2 is 1.96 bits per heavy atom. The molecule has 0 fully saturated rings. The summed E-state index contributed by atoms with van der Waals surface area (Å²) in [5.74, 6) is -1.91. The van der Waals surface area contributed by atoms with Gasteiger partial charge in [-0.25, -0.2) is 4.39 Å². The molecule has 130 valence electrons. The van der Waals surface area contributed by atoms with E-state index in [1.807, 2.05) is 6.07 Å². The summed E-state index contributed by atoms with van der Waals surface area (Å²) in [7, 11) is 0. The maximum atomic E-state index is 13.6. The molecule has 8 heteroatoms. The van der Waals surface area contributed by atoms with Crippen molar-refractivity contribution in [2.75, 3.05) is 5.32 Å². The maximum Gasteiger partial charge on any atom is 0.387 e. The van der Waals surface area contributed by atoms with Crippen LogP contribution in [0.15, 0.2) is 42.5 Å². The van der Waals surface area contributed by atoms with Gasteiger partial charge in [0.25, 0.3) is 5.91 Å². The van der Waals surface area contributed by atoms with E-state index < -0.39 is 30.2 Å². The number of hydrogen-bond donors (Lipinski definition) is 1. The van der Waals surface area contributed by atoms with Crippen LogP contribution in [0.5, 0.6) is 11.5 Å². The second-order valence-electron chi connectivity index (χ2n) is 4.91. The molecule has 1 N–H and O–H groups in total. The van der Waals surface area contributed by atoms with Gasteiger partial charge in [0.1, 0.15) is 5.75 Å². The zero-order valence-electron chi connectivity index (χ0n) is 13.0. The standard InChI is InChI=1S/C17H13F3N2O3/c1-10(24-13-4-2-3-11(7-13)9-21)16(23)22-12-5-6-15(14(18)8-12)25-17(19)20/h2-8,10,17H,1H3,(H,22,23). The number of alkyl halides is 2. The minimum atomic E-state index is -3.15. The Hall–Kier alpha value is -3.21. The largest absolute Gasteiger partial charge is 0.481 e. The second-order valence-corrected chi connectivity index (χ2v) is 4.91. The molecule has 5 nitrogen and oxygen atoms in total. The normalized spacial score (nSPS) is 11.5. The Labute approximate surface area is 141 Å². The topological polar surface area (TPSA) is 71.3 Å². The summed E-state index contributed by atoms with van der Waals surface area (Å²) in [4.78, 5) is 12.1. The lowest BCUT2D eigenvalue weighted by Gasteiger charge is -2.15. The summed E-state index contributed by atoms with van der Waals surface area (Å²) in [6.07, 6.45) is -0.936. The first-order valence-corrected chi connectivity index (χ1v) is 7.11. The molecule has 1 amide bonds. The Kier molecular flexibility index (Phi) is 5.84. The van der Waals surface area contributed by atoms with Crippen LogP contribution in [0, 0.1) is 17.1 Å². The fourth-order valence-electron chi connectivity index (χ4n) is 1.91. The van der Waals surface area contributed by atoms with Crippen LogP contribution in [0.2, 0.25) is 0 Å². The van der Waals surface area contributed by atoms with Gasteiger partial charge in [-0.3, -0.25) is 4.79 Å². The molecule has 25 heavy (non-hydrogen) atoms. The van der Waals surface area contributed by atoms with Crippen molar-refractivity contribution in [3.8, 4) is 17.6 Å². The van der Waals surface area contributed by atoms with Gasteiger partial charge in [0.15, 0.2) is 17.7 Å². The average Bonchev–Trinajstić information content (AvgIpc) is 2.57. The highest BCUT2D eigenvalue weighted by atomic mass is 19.3. The minimum absolute atomic E-state index is 0.0605. The van der Waals surface area contributed by atoms with E-state index in [1.165, 1.54) is 19.1 Å². The third-order valence-corrected chi connectivity index (χ3v) is 3.06. The van der Waals surface area contributed by atoms with Gasteiger partial charge in [-0.2, -0.15) is 14.0 Å². The van der Waals surface area contributed by atoms with Crippen LogP contribution >= 0.6 is 0 Å². The lowest BCUT2D eigenvalue weighted by molar-refractivity contribution is -0.122. The zero-order valence-corrected chi connectivity index (χ0v) is 13.0. The molecule has 1 unspecified atom stereocenters. The van der Waals surface area contributed by atoms with E-state index in [0.717, 1.165) is 12.1 Å². The molecular weight excluding hydrogens is 337 g/mol. The van der Waals surface area contributed by atoms with Gasteiger partial charge in [-0.15, -0.1) is 0 Å². The van der Waals surface area contributed by atoms with E-state index in [1.54, 1.807) is 18.2 Å². The molecule has 0 bridgehead atoms. The van der Waals surface area contributed by atoms with Crippen molar-refractivity contribution < 1.29 is 27.4 Å². The van der Waals surface area contributed by atoms with Crippen LogP contribution in [-0.4, -0.2) is 18.6 Å². The third kappa shape index (κ3) is 5.14. The molecule has 0 saturated heterocycles. The number of carbonyl (C=O) groups excluding carboxylic acids is 1. The number of halogens is 3. The molecule has 0 radical (unpaired) electrons. The van der Waals surface area contributed by atoms with Crippen LogP contribution in [-0.2, 0) is 4.79 Å². The summed E-state index contributed by atoms with van der Waals surface area (Å²) in [6.45, 7) is -1.67. The van der Waals surface area contributed by atoms with Crippen molar-refractivity contribution in [2.45, 2.75) is 19.6 Å². The summed E-state index contributed by atoms with van der Waals surface area (Å²) >= 11 is 0. The number of nitriles is 1. The number of hydrogen-bond acceptors (Lipinski definition) is 4. The first-order valence-electron chi connectivity index (χ1n) is 7.11. The number of benzene rings is 2. The van der Waals surface area contributed by atoms with Gasteiger partial charge in [0.05, 0.1) is 11.6 Å². The van der Waals surface area contributed by atoms with Crippen molar-refractivity contribution in [3.63, 3.8) is 0 Å². The monoisotopic (exact) mass is 350 g/mol. The van der Waals surface area contributed by atoms with Gasteiger partial charge in [-0.05, 0) is 37.3 Å². The van der Waals surface area contributed by atoms with Crippen molar-refractivity contribution in [1.82, 2.24) is 0 Å². The minimum Gasteiger partial charge on any atom is -0.481 e. The molecule has 2 aromatic carbocycles. The SMILES string of the molecule is CC(Oc1cccc(C#N)c1)C(=O)Nc1ccc(OC(F)F)c(F)c1. The number of amides is 1. The number of nitrogens with zero attached hydrogens (tertiary/aromatic N) is 1. The van der Waals surface area contributed by atoms with Gasteiger partial charge >= 0.3 is 6.61 Å². The number of carbonyl (C=O) groups is 1.